The summed E-state index contributed by atoms with van der Waals surface area (Å²) in [6.45, 7) is 1.41. The molecule has 32 heavy (non-hydrogen) atoms. The number of carbonyl (C=O) groups excluding carboxylic acids is 2. The van der Waals surface area contributed by atoms with Gasteiger partial charge in [0, 0.05) is 5.02 Å². The Morgan fingerprint density at radius 2 is 1.59 bits per heavy atom. The molecule has 2 N–H and O–H groups in total. The first-order valence-corrected chi connectivity index (χ1v) is 10.6. The molecule has 1 heterocycles. The number of amides is 3. The van der Waals surface area contributed by atoms with Gasteiger partial charge in [0.25, 0.3) is 5.91 Å². The quantitative estimate of drug-likeness (QED) is 0.528. The fourth-order valence-corrected chi connectivity index (χ4v) is 3.80. The van der Waals surface area contributed by atoms with Gasteiger partial charge in [-0.05, 0) is 47.9 Å². The lowest BCUT2D eigenvalue weighted by molar-refractivity contribution is -0.132. The molecule has 2 unspecified atom stereocenters. The van der Waals surface area contributed by atoms with Crippen LogP contribution < -0.4 is 10.1 Å². The van der Waals surface area contributed by atoms with E-state index in [4.69, 9.17) is 16.3 Å². The monoisotopic (exact) mass is 450 g/mol. The first-order chi connectivity index (χ1) is 15.4. The molecule has 1 aliphatic heterocycles. The van der Waals surface area contributed by atoms with Gasteiger partial charge < -0.3 is 15.2 Å². The molecule has 7 heteroatoms. The zero-order valence-electron chi connectivity index (χ0n) is 17.5. The summed E-state index contributed by atoms with van der Waals surface area (Å²) in [5, 5.41) is 13.6. The summed E-state index contributed by atoms with van der Waals surface area (Å²) >= 11 is 5.92. The molecule has 2 atom stereocenters. The molecule has 1 fully saturated rings. The smallest absolute Gasteiger partial charge is 0.325 e. The normalized spacial score (nSPS) is 19.0. The lowest BCUT2D eigenvalue weighted by Gasteiger charge is -2.23. The highest BCUT2D eigenvalue weighted by molar-refractivity contribution is 6.30. The third-order valence-corrected chi connectivity index (χ3v) is 5.75. The van der Waals surface area contributed by atoms with Crippen LogP contribution >= 0.6 is 11.6 Å². The molecular weight excluding hydrogens is 428 g/mol. The summed E-state index contributed by atoms with van der Waals surface area (Å²) in [7, 11) is 0. The molecule has 4 rings (SSSR count). The van der Waals surface area contributed by atoms with Gasteiger partial charge in [0.15, 0.2) is 0 Å². The molecule has 1 aliphatic rings. The van der Waals surface area contributed by atoms with E-state index in [0.29, 0.717) is 16.3 Å². The fourth-order valence-electron chi connectivity index (χ4n) is 3.67. The summed E-state index contributed by atoms with van der Waals surface area (Å²) in [5.41, 5.74) is 1.56. The lowest BCUT2D eigenvalue weighted by Crippen LogP contribution is -2.42. The van der Waals surface area contributed by atoms with Crippen LogP contribution in [0.2, 0.25) is 5.02 Å². The molecule has 3 amide bonds. The van der Waals surface area contributed by atoms with E-state index in [0.717, 1.165) is 16.0 Å². The van der Waals surface area contributed by atoms with Gasteiger partial charge in [-0.2, -0.15) is 0 Å². The minimum absolute atomic E-state index is 0.0561. The Morgan fingerprint density at radius 3 is 2.25 bits per heavy atom. The van der Waals surface area contributed by atoms with E-state index in [2.05, 4.69) is 5.32 Å². The highest BCUT2D eigenvalue weighted by atomic mass is 35.5. The van der Waals surface area contributed by atoms with Crippen LogP contribution in [-0.2, 0) is 10.3 Å². The van der Waals surface area contributed by atoms with Crippen molar-refractivity contribution in [3.05, 3.63) is 89.4 Å². The van der Waals surface area contributed by atoms with E-state index in [9.17, 15) is 14.7 Å². The number of aliphatic hydroxyl groups is 1. The standard InChI is InChI=1S/C25H23ClN2O4/c1-25(19-9-11-20(26)12-10-19)23(30)28(24(31)27-25)15-21(29)16-32-22-13-7-18(8-14-22)17-5-3-2-4-6-17/h2-14,21,29H,15-16H2,1H3,(H,27,31). The average Bonchev–Trinajstić information content (AvgIpc) is 3.03. The van der Waals surface area contributed by atoms with Crippen LogP contribution in [0.4, 0.5) is 4.79 Å². The Hall–Kier alpha value is -3.35. The predicted octanol–water partition coefficient (Wildman–Crippen LogP) is 4.21. The van der Waals surface area contributed by atoms with Crippen molar-refractivity contribution in [3.8, 4) is 16.9 Å². The number of nitrogens with one attached hydrogen (secondary N) is 1. The maximum absolute atomic E-state index is 13.0. The number of rotatable bonds is 7. The zero-order chi connectivity index (χ0) is 22.7. The van der Waals surface area contributed by atoms with Gasteiger partial charge in [-0.1, -0.05) is 66.2 Å². The van der Waals surface area contributed by atoms with Crippen LogP contribution in [0.3, 0.4) is 0 Å². The van der Waals surface area contributed by atoms with Crippen LogP contribution in [0.1, 0.15) is 12.5 Å². The second-order valence-electron chi connectivity index (χ2n) is 7.83. The van der Waals surface area contributed by atoms with Crippen molar-refractivity contribution in [2.75, 3.05) is 13.2 Å². The van der Waals surface area contributed by atoms with Crippen LogP contribution in [0.5, 0.6) is 5.75 Å². The molecule has 3 aromatic carbocycles. The zero-order valence-corrected chi connectivity index (χ0v) is 18.3. The highest BCUT2D eigenvalue weighted by Crippen LogP contribution is 2.30. The van der Waals surface area contributed by atoms with Crippen molar-refractivity contribution >= 4 is 23.5 Å². The van der Waals surface area contributed by atoms with Gasteiger partial charge in [-0.15, -0.1) is 0 Å². The lowest BCUT2D eigenvalue weighted by atomic mass is 9.92. The SMILES string of the molecule is CC1(c2ccc(Cl)cc2)NC(=O)N(CC(O)COc2ccc(-c3ccccc3)cc2)C1=O. The maximum Gasteiger partial charge on any atom is 0.325 e. The number of ether oxygens (including phenoxy) is 1. The molecule has 0 saturated carbocycles. The Kier molecular flexibility index (Phi) is 6.17. The second kappa shape index (κ2) is 9.02. The molecule has 0 bridgehead atoms. The largest absolute Gasteiger partial charge is 0.491 e. The summed E-state index contributed by atoms with van der Waals surface area (Å²) < 4.78 is 5.65. The fraction of sp³-hybridized carbons (Fsp3) is 0.200. The van der Waals surface area contributed by atoms with Crippen molar-refractivity contribution in [3.63, 3.8) is 0 Å². The highest BCUT2D eigenvalue weighted by Gasteiger charge is 2.49. The van der Waals surface area contributed by atoms with Crippen molar-refractivity contribution in [1.82, 2.24) is 10.2 Å². The van der Waals surface area contributed by atoms with E-state index in [1.165, 1.54) is 0 Å². The number of halogens is 1. The second-order valence-corrected chi connectivity index (χ2v) is 8.27. The summed E-state index contributed by atoms with van der Waals surface area (Å²) in [5.74, 6) is 0.156. The number of nitrogens with zero attached hydrogens (tertiary/aromatic N) is 1. The molecule has 3 aromatic rings. The first-order valence-electron chi connectivity index (χ1n) is 10.2. The number of carbonyl (C=O) groups is 2. The molecule has 6 nitrogen and oxygen atoms in total. The molecule has 0 spiro atoms. The van der Waals surface area contributed by atoms with Gasteiger partial charge in [-0.3, -0.25) is 9.69 Å². The molecule has 1 saturated heterocycles. The Labute approximate surface area is 191 Å². The number of hydrogen-bond donors (Lipinski definition) is 2. The van der Waals surface area contributed by atoms with E-state index in [-0.39, 0.29) is 13.2 Å². The van der Waals surface area contributed by atoms with Crippen LogP contribution in [-0.4, -0.2) is 41.2 Å². The van der Waals surface area contributed by atoms with Crippen molar-refractivity contribution in [2.45, 2.75) is 18.6 Å². The Balaban J connectivity index is 1.36. The van der Waals surface area contributed by atoms with Crippen molar-refractivity contribution in [2.24, 2.45) is 0 Å². The number of hydrogen-bond acceptors (Lipinski definition) is 4. The van der Waals surface area contributed by atoms with Crippen molar-refractivity contribution in [1.29, 1.82) is 0 Å². The number of benzene rings is 3. The molecule has 164 valence electrons. The van der Waals surface area contributed by atoms with Gasteiger partial charge in [0.1, 0.15) is 24.0 Å². The maximum atomic E-state index is 13.0. The van der Waals surface area contributed by atoms with Crippen LogP contribution in [0.25, 0.3) is 11.1 Å². The minimum Gasteiger partial charge on any atom is -0.491 e. The summed E-state index contributed by atoms with van der Waals surface area (Å²) in [6, 6.07) is 23.6. The molecule has 0 aliphatic carbocycles. The van der Waals surface area contributed by atoms with E-state index < -0.39 is 23.6 Å². The molecule has 0 radical (unpaired) electrons. The van der Waals surface area contributed by atoms with E-state index in [1.807, 2.05) is 54.6 Å². The topological polar surface area (TPSA) is 78.9 Å². The molecule has 0 aromatic heterocycles. The Bertz CT molecular complexity index is 1100. The van der Waals surface area contributed by atoms with Gasteiger partial charge >= 0.3 is 6.03 Å². The van der Waals surface area contributed by atoms with Gasteiger partial charge in [-0.25, -0.2) is 4.79 Å². The van der Waals surface area contributed by atoms with Crippen LogP contribution in [0.15, 0.2) is 78.9 Å². The third kappa shape index (κ3) is 4.47. The first kappa shape index (κ1) is 21.9. The number of aliphatic hydroxyl groups excluding tert-OH is 1. The Morgan fingerprint density at radius 1 is 0.969 bits per heavy atom. The average molecular weight is 451 g/mol. The minimum atomic E-state index is -1.21. The van der Waals surface area contributed by atoms with E-state index in [1.54, 1.807) is 31.2 Å². The van der Waals surface area contributed by atoms with Crippen molar-refractivity contribution < 1.29 is 19.4 Å². The van der Waals surface area contributed by atoms with E-state index >= 15 is 0 Å². The summed E-state index contributed by atoms with van der Waals surface area (Å²) in [4.78, 5) is 26.4. The van der Waals surface area contributed by atoms with Gasteiger partial charge in [0.2, 0.25) is 0 Å². The molecular formula is C25H23ClN2O4. The number of imide groups is 1. The van der Waals surface area contributed by atoms with Crippen LogP contribution in [0, 0.1) is 0 Å². The predicted molar refractivity (Wildman–Crippen MR) is 122 cm³/mol. The number of urea groups is 1. The van der Waals surface area contributed by atoms with Gasteiger partial charge in [0.05, 0.1) is 6.54 Å². The third-order valence-electron chi connectivity index (χ3n) is 5.49. The summed E-state index contributed by atoms with van der Waals surface area (Å²) in [6.07, 6.45) is -1.04. The number of β-amino-alcohol motifs (C(OH)–C–C–N with tert-alkyl or cyclic N) is 1.